The van der Waals surface area contributed by atoms with Crippen LogP contribution in [0, 0.1) is 11.3 Å². The van der Waals surface area contributed by atoms with Crippen molar-refractivity contribution < 1.29 is 0 Å². The molecule has 0 unspecified atom stereocenters. The molecular weight excluding hydrogens is 160 g/mol. The molecule has 0 aromatic heterocycles. The molecule has 0 saturated carbocycles. The fourth-order valence-electron chi connectivity index (χ4n) is 2.06. The Labute approximate surface area is 78.2 Å². The zero-order valence-corrected chi connectivity index (χ0v) is 7.67. The first-order valence-electron chi connectivity index (χ1n) is 4.56. The van der Waals surface area contributed by atoms with Gasteiger partial charge in [0.15, 0.2) is 0 Å². The largest absolute Gasteiger partial charge is 0.313 e. The number of rotatable bonds is 1. The minimum absolute atomic E-state index is 0.447. The third kappa shape index (κ3) is 1.22. The standard InChI is InChI=1S/C11H12N2/c1-13-11-6-5-9-8(7-12)3-2-4-10(9)11/h2-4,11,13H,5-6H2,1H3/t11-/m0/s1. The molecule has 2 rings (SSSR count). The van der Waals surface area contributed by atoms with Crippen molar-refractivity contribution in [2.24, 2.45) is 0 Å². The maximum atomic E-state index is 8.89. The van der Waals surface area contributed by atoms with Crippen molar-refractivity contribution >= 4 is 0 Å². The molecule has 0 amide bonds. The van der Waals surface area contributed by atoms with Crippen molar-refractivity contribution in [1.82, 2.24) is 5.32 Å². The molecule has 0 radical (unpaired) electrons. The lowest BCUT2D eigenvalue weighted by Gasteiger charge is -2.09. The molecule has 1 aromatic carbocycles. The molecule has 0 bridgehead atoms. The lowest BCUT2D eigenvalue weighted by Crippen LogP contribution is -2.12. The summed E-state index contributed by atoms with van der Waals surface area (Å²) in [4.78, 5) is 0. The van der Waals surface area contributed by atoms with Gasteiger partial charge >= 0.3 is 0 Å². The van der Waals surface area contributed by atoms with Crippen molar-refractivity contribution in [3.8, 4) is 6.07 Å². The van der Waals surface area contributed by atoms with Crippen LogP contribution in [0.4, 0.5) is 0 Å². The minimum Gasteiger partial charge on any atom is -0.313 e. The van der Waals surface area contributed by atoms with Crippen LogP contribution in [0.1, 0.15) is 29.2 Å². The second kappa shape index (κ2) is 3.20. The smallest absolute Gasteiger partial charge is 0.0994 e. The van der Waals surface area contributed by atoms with Crippen LogP contribution in [-0.2, 0) is 6.42 Å². The average molecular weight is 172 g/mol. The van der Waals surface area contributed by atoms with Gasteiger partial charge in [-0.3, -0.25) is 0 Å². The van der Waals surface area contributed by atoms with Crippen LogP contribution < -0.4 is 5.32 Å². The maximum Gasteiger partial charge on any atom is 0.0994 e. The van der Waals surface area contributed by atoms with Crippen LogP contribution in [-0.4, -0.2) is 7.05 Å². The van der Waals surface area contributed by atoms with Gasteiger partial charge in [-0.1, -0.05) is 12.1 Å². The number of fused-ring (bicyclic) bond motifs is 1. The van der Waals surface area contributed by atoms with Gasteiger partial charge in [0.25, 0.3) is 0 Å². The average Bonchev–Trinajstić information content (AvgIpc) is 2.60. The molecule has 1 aromatic rings. The van der Waals surface area contributed by atoms with Crippen LogP contribution in [0.15, 0.2) is 18.2 Å². The first-order chi connectivity index (χ1) is 6.36. The van der Waals surface area contributed by atoms with Gasteiger partial charge in [0.2, 0.25) is 0 Å². The van der Waals surface area contributed by atoms with E-state index in [2.05, 4.69) is 17.5 Å². The second-order valence-electron chi connectivity index (χ2n) is 3.37. The van der Waals surface area contributed by atoms with Crippen LogP contribution >= 0.6 is 0 Å². The van der Waals surface area contributed by atoms with Crippen molar-refractivity contribution in [3.05, 3.63) is 34.9 Å². The summed E-state index contributed by atoms with van der Waals surface area (Å²) >= 11 is 0. The Kier molecular flexibility index (Phi) is 2.03. The van der Waals surface area contributed by atoms with Crippen molar-refractivity contribution in [3.63, 3.8) is 0 Å². The Morgan fingerprint density at radius 2 is 2.38 bits per heavy atom. The van der Waals surface area contributed by atoms with Crippen LogP contribution in [0.3, 0.4) is 0 Å². The summed E-state index contributed by atoms with van der Waals surface area (Å²) < 4.78 is 0. The number of nitrogens with one attached hydrogen (secondary N) is 1. The third-order valence-electron chi connectivity index (χ3n) is 2.74. The monoisotopic (exact) mass is 172 g/mol. The molecule has 0 heterocycles. The number of hydrogen-bond donors (Lipinski definition) is 1. The first-order valence-corrected chi connectivity index (χ1v) is 4.56. The van der Waals surface area contributed by atoms with E-state index in [4.69, 9.17) is 5.26 Å². The Balaban J connectivity index is 2.50. The van der Waals surface area contributed by atoms with Crippen molar-refractivity contribution in [2.45, 2.75) is 18.9 Å². The molecule has 13 heavy (non-hydrogen) atoms. The van der Waals surface area contributed by atoms with Crippen LogP contribution in [0.2, 0.25) is 0 Å². The zero-order chi connectivity index (χ0) is 9.26. The van der Waals surface area contributed by atoms with Crippen LogP contribution in [0.5, 0.6) is 0 Å². The highest BCUT2D eigenvalue weighted by Gasteiger charge is 2.22. The Hall–Kier alpha value is -1.33. The zero-order valence-electron chi connectivity index (χ0n) is 7.67. The van der Waals surface area contributed by atoms with E-state index in [1.165, 1.54) is 11.1 Å². The van der Waals surface area contributed by atoms with E-state index < -0.39 is 0 Å². The van der Waals surface area contributed by atoms with E-state index in [1.54, 1.807) is 0 Å². The molecule has 2 nitrogen and oxygen atoms in total. The summed E-state index contributed by atoms with van der Waals surface area (Å²) in [6.07, 6.45) is 2.15. The molecular formula is C11H12N2. The number of nitriles is 1. The van der Waals surface area contributed by atoms with E-state index in [0.29, 0.717) is 6.04 Å². The fourth-order valence-corrected chi connectivity index (χ4v) is 2.06. The van der Waals surface area contributed by atoms with E-state index in [9.17, 15) is 0 Å². The Morgan fingerprint density at radius 1 is 1.54 bits per heavy atom. The highest BCUT2D eigenvalue weighted by atomic mass is 14.9. The molecule has 0 spiro atoms. The number of nitrogens with zero attached hydrogens (tertiary/aromatic N) is 1. The van der Waals surface area contributed by atoms with E-state index in [0.717, 1.165) is 18.4 Å². The SMILES string of the molecule is CN[C@H]1CCc2c(C#N)cccc21. The summed E-state index contributed by atoms with van der Waals surface area (Å²) in [5, 5.41) is 12.2. The number of hydrogen-bond acceptors (Lipinski definition) is 2. The minimum atomic E-state index is 0.447. The molecule has 1 aliphatic rings. The predicted molar refractivity (Wildman–Crippen MR) is 51.3 cm³/mol. The fraction of sp³-hybridized carbons (Fsp3) is 0.364. The lowest BCUT2D eigenvalue weighted by atomic mass is 10.0. The van der Waals surface area contributed by atoms with E-state index >= 15 is 0 Å². The van der Waals surface area contributed by atoms with Crippen molar-refractivity contribution in [1.29, 1.82) is 5.26 Å². The highest BCUT2D eigenvalue weighted by molar-refractivity contribution is 5.46. The van der Waals surface area contributed by atoms with E-state index in [1.807, 2.05) is 19.2 Å². The third-order valence-corrected chi connectivity index (χ3v) is 2.74. The van der Waals surface area contributed by atoms with Gasteiger partial charge in [0.1, 0.15) is 0 Å². The summed E-state index contributed by atoms with van der Waals surface area (Å²) in [5.41, 5.74) is 3.39. The molecule has 1 atom stereocenters. The Morgan fingerprint density at radius 3 is 3.08 bits per heavy atom. The molecule has 2 heteroatoms. The molecule has 1 aliphatic carbocycles. The summed E-state index contributed by atoms with van der Waals surface area (Å²) in [6.45, 7) is 0. The number of benzene rings is 1. The normalized spacial score (nSPS) is 19.5. The van der Waals surface area contributed by atoms with Gasteiger partial charge < -0.3 is 5.32 Å². The summed E-state index contributed by atoms with van der Waals surface area (Å²) in [5.74, 6) is 0. The highest BCUT2D eigenvalue weighted by Crippen LogP contribution is 2.32. The van der Waals surface area contributed by atoms with Gasteiger partial charge in [0.05, 0.1) is 11.6 Å². The quantitative estimate of drug-likeness (QED) is 0.700. The Bertz CT molecular complexity index is 363. The summed E-state index contributed by atoms with van der Waals surface area (Å²) in [7, 11) is 1.97. The van der Waals surface area contributed by atoms with Gasteiger partial charge in [-0.05, 0) is 37.1 Å². The summed E-state index contributed by atoms with van der Waals surface area (Å²) in [6, 6.07) is 8.67. The molecule has 0 saturated heterocycles. The van der Waals surface area contributed by atoms with E-state index in [-0.39, 0.29) is 0 Å². The predicted octanol–water partition coefficient (Wildman–Crippen LogP) is 1.76. The van der Waals surface area contributed by atoms with Crippen LogP contribution in [0.25, 0.3) is 0 Å². The molecule has 66 valence electrons. The van der Waals surface area contributed by atoms with Gasteiger partial charge in [-0.2, -0.15) is 5.26 Å². The van der Waals surface area contributed by atoms with Crippen molar-refractivity contribution in [2.75, 3.05) is 7.05 Å². The second-order valence-corrected chi connectivity index (χ2v) is 3.37. The van der Waals surface area contributed by atoms with Gasteiger partial charge in [-0.25, -0.2) is 0 Å². The molecule has 0 aliphatic heterocycles. The van der Waals surface area contributed by atoms with Gasteiger partial charge in [-0.15, -0.1) is 0 Å². The molecule has 1 N–H and O–H groups in total. The first kappa shape index (κ1) is 8.28. The topological polar surface area (TPSA) is 35.8 Å². The molecule has 0 fully saturated rings. The van der Waals surface area contributed by atoms with Gasteiger partial charge in [0, 0.05) is 6.04 Å². The maximum absolute atomic E-state index is 8.89. The lowest BCUT2D eigenvalue weighted by molar-refractivity contribution is 0.590.